The van der Waals surface area contributed by atoms with Gasteiger partial charge in [-0.05, 0) is 0 Å². The van der Waals surface area contributed by atoms with Crippen molar-refractivity contribution < 1.29 is 61.4 Å². The van der Waals surface area contributed by atoms with Crippen LogP contribution in [-0.4, -0.2) is 87.5 Å². The number of nitrogens with zero attached hydrogens (tertiary/aromatic N) is 4. The average Bonchev–Trinajstić information content (AvgIpc) is 3.13. The van der Waals surface area contributed by atoms with Crippen LogP contribution in [0.3, 0.4) is 0 Å². The Morgan fingerprint density at radius 2 is 1.78 bits per heavy atom. The van der Waals surface area contributed by atoms with Gasteiger partial charge in [-0.1, -0.05) is 0 Å². The summed E-state index contributed by atoms with van der Waals surface area (Å²) >= 11 is 0. The molecule has 32 heavy (non-hydrogen) atoms. The van der Waals surface area contributed by atoms with E-state index in [0.717, 1.165) is 6.33 Å². The molecule has 2 aromatic heterocycles. The maximum absolute atomic E-state index is 11.7. The second kappa shape index (κ2) is 9.95. The molecule has 0 aromatic carbocycles. The van der Waals surface area contributed by atoms with E-state index in [9.17, 15) is 38.6 Å². The Labute approximate surface area is 193 Å². The molecule has 7 unspecified atom stereocenters. The Kier molecular flexibility index (Phi) is 8.60. The van der Waals surface area contributed by atoms with Crippen molar-refractivity contribution in [1.29, 1.82) is 0 Å². The smallest absolute Gasteiger partial charge is 0.756 e. The zero-order chi connectivity index (χ0) is 23.2. The van der Waals surface area contributed by atoms with Gasteiger partial charge in [0.25, 0.3) is 15.6 Å². The van der Waals surface area contributed by atoms with Crippen LogP contribution in [-0.2, 0) is 31.6 Å². The van der Waals surface area contributed by atoms with E-state index in [0.29, 0.717) is 0 Å². The summed E-state index contributed by atoms with van der Waals surface area (Å²) in [5.74, 6) is 0.0322. The normalized spacial score (nSPS) is 29.1. The number of aromatic nitrogens is 4. The van der Waals surface area contributed by atoms with Gasteiger partial charge in [0.1, 0.15) is 30.2 Å². The van der Waals surface area contributed by atoms with Crippen LogP contribution < -0.4 is 15.5 Å². The number of aliphatic hydroxyl groups excluding tert-OH is 2. The predicted molar refractivity (Wildman–Crippen MR) is 96.8 cm³/mol. The molecule has 0 saturated carbocycles. The van der Waals surface area contributed by atoms with Crippen molar-refractivity contribution in [3.63, 3.8) is 0 Å². The Hall–Kier alpha value is -0.594. The first-order valence-corrected chi connectivity index (χ1v) is 12.3. The summed E-state index contributed by atoms with van der Waals surface area (Å²) in [6, 6.07) is 0. The van der Waals surface area contributed by atoms with Gasteiger partial charge in [-0.25, -0.2) is 28.1 Å². The zero-order valence-corrected chi connectivity index (χ0v) is 19.6. The van der Waals surface area contributed by atoms with Crippen LogP contribution in [0.25, 0.3) is 11.2 Å². The minimum Gasteiger partial charge on any atom is -0.756 e. The van der Waals surface area contributed by atoms with Crippen LogP contribution in [0.5, 0.6) is 0 Å². The molecule has 7 atom stereocenters. The Balaban J connectivity index is 0.00000363. The van der Waals surface area contributed by atoms with E-state index in [1.54, 1.807) is 0 Å². The minimum absolute atomic E-state index is 0. The fourth-order valence-electron chi connectivity index (χ4n) is 2.61. The minimum atomic E-state index is -6.01. The second-order valence-corrected chi connectivity index (χ2v) is 10.3. The van der Waals surface area contributed by atoms with Crippen molar-refractivity contribution in [1.82, 2.24) is 19.5 Å². The Morgan fingerprint density at radius 3 is 2.41 bits per heavy atom. The average molecular weight is 529 g/mol. The molecule has 2 aromatic rings. The molecule has 0 amide bonds. The van der Waals surface area contributed by atoms with Crippen LogP contribution in [0.1, 0.15) is 6.23 Å². The van der Waals surface area contributed by atoms with E-state index < -0.39 is 54.6 Å². The molecule has 3 heterocycles. The largest absolute Gasteiger partial charge is 2.00 e. The molecular formula is C10H14MgN5O13P3. The molecule has 18 nitrogen and oxygen atoms in total. The number of aliphatic hydroxyl groups is 2. The number of anilines is 1. The molecule has 6 N–H and O–H groups in total. The van der Waals surface area contributed by atoms with Gasteiger partial charge in [0, 0.05) is 0 Å². The van der Waals surface area contributed by atoms with Crippen molar-refractivity contribution in [2.75, 3.05) is 12.3 Å². The third-order valence-corrected chi connectivity index (χ3v) is 7.53. The molecule has 1 saturated heterocycles. The van der Waals surface area contributed by atoms with E-state index >= 15 is 0 Å². The summed E-state index contributed by atoms with van der Waals surface area (Å²) in [6.45, 7) is -1.000. The number of nitrogen functional groups attached to an aromatic ring is 1. The quantitative estimate of drug-likeness (QED) is 0.165. The van der Waals surface area contributed by atoms with Gasteiger partial charge >= 0.3 is 30.9 Å². The standard InChI is InChI=1S/C10H16N5O13P3.Mg/c11-8-5-9(13-2-12-8)15(3-14-5)10-7(17)6(16)4(26-10)1-25-30(21,22)28-31(23,24)27-29(18,19)20;/h2-4,6-7,10,16-17H,1H2,(H,21,22)(H,23,24)(H2,11,12,13)(H2,18,19,20);/q;+2/p-2. The topological polar surface area (TPSA) is 285 Å². The predicted octanol–water partition coefficient (Wildman–Crippen LogP) is -3.27. The van der Waals surface area contributed by atoms with Crippen LogP contribution in [0.2, 0.25) is 0 Å². The molecule has 0 spiro atoms. The SMILES string of the molecule is Nc1ncnc2c1ncn2C1OC(COP(=O)(O)OP(=O)([O-])OP(=O)([O-])O)C(O)C1O.[Mg+2]. The van der Waals surface area contributed by atoms with Crippen LogP contribution in [0.4, 0.5) is 5.82 Å². The molecule has 174 valence electrons. The van der Waals surface area contributed by atoms with Crippen molar-refractivity contribution in [3.05, 3.63) is 12.7 Å². The number of phosphoric acid groups is 3. The van der Waals surface area contributed by atoms with Gasteiger partial charge < -0.3 is 40.3 Å². The maximum Gasteiger partial charge on any atom is 2.00 e. The number of hydrogen-bond donors (Lipinski definition) is 5. The van der Waals surface area contributed by atoms with Crippen molar-refractivity contribution >= 4 is 63.5 Å². The molecule has 3 rings (SSSR count). The molecule has 0 bridgehead atoms. The van der Waals surface area contributed by atoms with Crippen molar-refractivity contribution in [2.45, 2.75) is 24.5 Å². The third-order valence-electron chi connectivity index (χ3n) is 3.81. The van der Waals surface area contributed by atoms with Crippen LogP contribution in [0, 0.1) is 0 Å². The summed E-state index contributed by atoms with van der Waals surface area (Å²) in [5.41, 5.74) is 5.97. The monoisotopic (exact) mass is 529 g/mol. The van der Waals surface area contributed by atoms with Crippen molar-refractivity contribution in [3.8, 4) is 0 Å². The molecule has 0 aliphatic carbocycles. The molecule has 0 radical (unpaired) electrons. The van der Waals surface area contributed by atoms with Crippen molar-refractivity contribution in [2.24, 2.45) is 0 Å². The first-order valence-electron chi connectivity index (χ1n) is 7.88. The number of ether oxygens (including phenoxy) is 1. The number of fused-ring (bicyclic) bond motifs is 1. The van der Waals surface area contributed by atoms with E-state index in [-0.39, 0.29) is 40.0 Å². The van der Waals surface area contributed by atoms with Gasteiger partial charge in [0.05, 0.1) is 12.9 Å². The zero-order valence-electron chi connectivity index (χ0n) is 15.5. The van der Waals surface area contributed by atoms with E-state index in [1.807, 2.05) is 0 Å². The molecule has 1 aliphatic heterocycles. The second-order valence-electron chi connectivity index (χ2n) is 5.97. The third kappa shape index (κ3) is 6.50. The first kappa shape index (κ1) is 27.6. The number of rotatable bonds is 8. The van der Waals surface area contributed by atoms with Crippen LogP contribution in [0.15, 0.2) is 12.7 Å². The summed E-state index contributed by atoms with van der Waals surface area (Å²) < 4.78 is 51.0. The fraction of sp³-hybridized carbons (Fsp3) is 0.500. The number of nitrogens with two attached hydrogens (primary N) is 1. The first-order chi connectivity index (χ1) is 14.2. The molecule has 1 fully saturated rings. The maximum atomic E-state index is 11.7. The summed E-state index contributed by atoms with van der Waals surface area (Å²) in [6.07, 6.45) is -3.81. The fourth-order valence-corrected chi connectivity index (χ4v) is 5.55. The van der Waals surface area contributed by atoms with Gasteiger partial charge in [-0.2, -0.15) is 0 Å². The van der Waals surface area contributed by atoms with Gasteiger partial charge in [-0.3, -0.25) is 18.2 Å². The summed E-state index contributed by atoms with van der Waals surface area (Å²) in [5, 5.41) is 20.4. The number of hydrogen-bond acceptors (Lipinski definition) is 15. The Bertz CT molecular complexity index is 1110. The summed E-state index contributed by atoms with van der Waals surface area (Å²) in [7, 11) is -17.4. The van der Waals surface area contributed by atoms with Gasteiger partial charge in [0.2, 0.25) is 0 Å². The number of imidazole rings is 1. The Morgan fingerprint density at radius 1 is 1.12 bits per heavy atom. The molecule has 22 heteroatoms. The molecule has 1 aliphatic rings. The van der Waals surface area contributed by atoms with Gasteiger partial charge in [0.15, 0.2) is 17.7 Å². The van der Waals surface area contributed by atoms with E-state index in [4.69, 9.17) is 15.4 Å². The van der Waals surface area contributed by atoms with Crippen LogP contribution >= 0.6 is 23.5 Å². The van der Waals surface area contributed by atoms with E-state index in [2.05, 4.69) is 28.1 Å². The molecular weight excluding hydrogens is 515 g/mol. The number of phosphoric ester groups is 1. The van der Waals surface area contributed by atoms with Gasteiger partial charge in [-0.15, -0.1) is 0 Å². The summed E-state index contributed by atoms with van der Waals surface area (Å²) in [4.78, 5) is 51.0. The van der Waals surface area contributed by atoms with E-state index in [1.165, 1.54) is 10.9 Å².